The zero-order chi connectivity index (χ0) is 20.6. The standard InChI is InChI=1S/C25H26N2O2/c1-3-19-13-9-14-21(16-19)24(28)27-23(17-20-11-5-4-6-12-20)25(29)26-22-15-8-7-10-18(22)2/h4-16,23H,3,17H2,1-2H3,(H,26,29)(H,27,28). The van der Waals surface area contributed by atoms with Crippen LogP contribution in [0.1, 0.15) is 34.0 Å². The molecule has 3 aromatic rings. The minimum Gasteiger partial charge on any atom is -0.340 e. The molecule has 0 aromatic heterocycles. The lowest BCUT2D eigenvalue weighted by atomic mass is 10.0. The molecule has 29 heavy (non-hydrogen) atoms. The number of rotatable bonds is 7. The van der Waals surface area contributed by atoms with Gasteiger partial charge in [0.25, 0.3) is 5.91 Å². The van der Waals surface area contributed by atoms with Gasteiger partial charge < -0.3 is 10.6 Å². The van der Waals surface area contributed by atoms with Crippen molar-refractivity contribution in [1.29, 1.82) is 0 Å². The summed E-state index contributed by atoms with van der Waals surface area (Å²) in [6, 6.07) is 24.1. The maximum atomic E-state index is 13.0. The van der Waals surface area contributed by atoms with Gasteiger partial charge in [0.15, 0.2) is 0 Å². The van der Waals surface area contributed by atoms with Crippen molar-refractivity contribution in [3.8, 4) is 0 Å². The summed E-state index contributed by atoms with van der Waals surface area (Å²) in [5.74, 6) is -0.482. The van der Waals surface area contributed by atoms with Gasteiger partial charge in [0.2, 0.25) is 5.91 Å². The van der Waals surface area contributed by atoms with Crippen molar-refractivity contribution in [2.24, 2.45) is 0 Å². The van der Waals surface area contributed by atoms with E-state index in [-0.39, 0.29) is 11.8 Å². The van der Waals surface area contributed by atoms with Crippen molar-refractivity contribution >= 4 is 17.5 Å². The molecule has 0 saturated carbocycles. The fourth-order valence-corrected chi connectivity index (χ4v) is 3.17. The Balaban J connectivity index is 1.81. The number of amides is 2. The van der Waals surface area contributed by atoms with Crippen molar-refractivity contribution in [2.45, 2.75) is 32.7 Å². The number of carbonyl (C=O) groups is 2. The minimum absolute atomic E-state index is 0.233. The van der Waals surface area contributed by atoms with Crippen molar-refractivity contribution in [3.05, 3.63) is 101 Å². The summed E-state index contributed by atoms with van der Waals surface area (Å²) in [6.07, 6.45) is 1.26. The molecular formula is C25H26N2O2. The van der Waals surface area contributed by atoms with Gasteiger partial charge in [0.1, 0.15) is 6.04 Å². The molecule has 0 aliphatic heterocycles. The first-order chi connectivity index (χ1) is 14.1. The average molecular weight is 386 g/mol. The van der Waals surface area contributed by atoms with Gasteiger partial charge in [-0.3, -0.25) is 9.59 Å². The average Bonchev–Trinajstić information content (AvgIpc) is 2.75. The van der Waals surface area contributed by atoms with Crippen LogP contribution in [0, 0.1) is 6.92 Å². The van der Waals surface area contributed by atoms with Gasteiger partial charge in [0, 0.05) is 17.7 Å². The fraction of sp³-hybridized carbons (Fsp3) is 0.200. The molecule has 1 atom stereocenters. The van der Waals surface area contributed by atoms with Gasteiger partial charge >= 0.3 is 0 Å². The van der Waals surface area contributed by atoms with Crippen molar-refractivity contribution < 1.29 is 9.59 Å². The first-order valence-electron chi connectivity index (χ1n) is 9.87. The van der Waals surface area contributed by atoms with E-state index in [9.17, 15) is 9.59 Å². The number of hydrogen-bond acceptors (Lipinski definition) is 2. The Morgan fingerprint density at radius 1 is 0.862 bits per heavy atom. The van der Waals surface area contributed by atoms with Crippen molar-refractivity contribution in [2.75, 3.05) is 5.32 Å². The molecule has 0 bridgehead atoms. The predicted octanol–water partition coefficient (Wildman–Crippen LogP) is 4.54. The van der Waals surface area contributed by atoms with Crippen molar-refractivity contribution in [3.63, 3.8) is 0 Å². The highest BCUT2D eigenvalue weighted by atomic mass is 16.2. The molecule has 3 rings (SSSR count). The first-order valence-corrected chi connectivity index (χ1v) is 9.87. The van der Waals surface area contributed by atoms with Gasteiger partial charge in [-0.2, -0.15) is 0 Å². The number of benzene rings is 3. The lowest BCUT2D eigenvalue weighted by Gasteiger charge is -2.20. The Hall–Kier alpha value is -3.40. The maximum absolute atomic E-state index is 13.0. The molecule has 4 heteroatoms. The zero-order valence-corrected chi connectivity index (χ0v) is 16.8. The van der Waals surface area contributed by atoms with Gasteiger partial charge in [0.05, 0.1) is 0 Å². The summed E-state index contributed by atoms with van der Waals surface area (Å²) in [7, 11) is 0. The Morgan fingerprint density at radius 2 is 1.55 bits per heavy atom. The van der Waals surface area contributed by atoms with Crippen LogP contribution >= 0.6 is 0 Å². The molecular weight excluding hydrogens is 360 g/mol. The van der Waals surface area contributed by atoms with Gasteiger partial charge in [-0.25, -0.2) is 0 Å². The van der Waals surface area contributed by atoms with Crippen LogP contribution < -0.4 is 10.6 Å². The molecule has 3 aromatic carbocycles. The third-order valence-electron chi connectivity index (χ3n) is 4.90. The van der Waals surface area contributed by atoms with Crippen LogP contribution in [-0.4, -0.2) is 17.9 Å². The quantitative estimate of drug-likeness (QED) is 0.626. The van der Waals surface area contributed by atoms with Crippen molar-refractivity contribution in [1.82, 2.24) is 5.32 Å². The monoisotopic (exact) mass is 386 g/mol. The van der Waals surface area contributed by atoms with E-state index < -0.39 is 6.04 Å². The lowest BCUT2D eigenvalue weighted by Crippen LogP contribution is -2.45. The summed E-state index contributed by atoms with van der Waals surface area (Å²) >= 11 is 0. The number of anilines is 1. The summed E-state index contributed by atoms with van der Waals surface area (Å²) in [5.41, 5.74) is 4.35. The normalized spacial score (nSPS) is 11.5. The molecule has 2 amide bonds. The number of para-hydroxylation sites is 1. The highest BCUT2D eigenvalue weighted by molar-refractivity contribution is 6.01. The molecule has 0 heterocycles. The topological polar surface area (TPSA) is 58.2 Å². The molecule has 0 spiro atoms. The smallest absolute Gasteiger partial charge is 0.251 e. The maximum Gasteiger partial charge on any atom is 0.251 e. The Kier molecular flexibility index (Phi) is 6.80. The van der Waals surface area contributed by atoms with E-state index in [2.05, 4.69) is 10.6 Å². The number of aryl methyl sites for hydroxylation is 2. The third kappa shape index (κ3) is 5.55. The van der Waals surface area contributed by atoms with E-state index in [1.54, 1.807) is 6.07 Å². The Morgan fingerprint density at radius 3 is 2.28 bits per heavy atom. The molecule has 2 N–H and O–H groups in total. The van der Waals surface area contributed by atoms with E-state index >= 15 is 0 Å². The minimum atomic E-state index is -0.685. The highest BCUT2D eigenvalue weighted by Crippen LogP contribution is 2.15. The zero-order valence-electron chi connectivity index (χ0n) is 16.8. The van der Waals surface area contributed by atoms with Crippen LogP contribution in [0.25, 0.3) is 0 Å². The van der Waals surface area contributed by atoms with Crippen LogP contribution in [0.15, 0.2) is 78.9 Å². The van der Waals surface area contributed by atoms with E-state index in [0.717, 1.165) is 28.8 Å². The van der Waals surface area contributed by atoms with E-state index in [4.69, 9.17) is 0 Å². The number of nitrogens with one attached hydrogen (secondary N) is 2. The van der Waals surface area contributed by atoms with E-state index in [1.807, 2.05) is 86.6 Å². The summed E-state index contributed by atoms with van der Waals surface area (Å²) in [6.45, 7) is 3.99. The van der Waals surface area contributed by atoms with Crippen LogP contribution in [0.2, 0.25) is 0 Å². The molecule has 4 nitrogen and oxygen atoms in total. The summed E-state index contributed by atoms with van der Waals surface area (Å²) in [4.78, 5) is 25.9. The van der Waals surface area contributed by atoms with Crippen LogP contribution in [0.3, 0.4) is 0 Å². The van der Waals surface area contributed by atoms with Gasteiger partial charge in [-0.1, -0.05) is 67.6 Å². The van der Waals surface area contributed by atoms with Crippen LogP contribution in [0.5, 0.6) is 0 Å². The highest BCUT2D eigenvalue weighted by Gasteiger charge is 2.22. The second-order valence-corrected chi connectivity index (χ2v) is 7.07. The SMILES string of the molecule is CCc1cccc(C(=O)NC(Cc2ccccc2)C(=O)Nc2ccccc2C)c1. The third-order valence-corrected chi connectivity index (χ3v) is 4.90. The van der Waals surface area contributed by atoms with Crippen LogP contribution in [0.4, 0.5) is 5.69 Å². The molecule has 0 saturated heterocycles. The molecule has 0 fully saturated rings. The lowest BCUT2D eigenvalue weighted by molar-refractivity contribution is -0.118. The number of carbonyl (C=O) groups excluding carboxylic acids is 2. The second-order valence-electron chi connectivity index (χ2n) is 7.07. The van der Waals surface area contributed by atoms with Gasteiger partial charge in [-0.05, 0) is 48.2 Å². The number of hydrogen-bond donors (Lipinski definition) is 2. The summed E-state index contributed by atoms with van der Waals surface area (Å²) < 4.78 is 0. The first kappa shape index (κ1) is 20.3. The van der Waals surface area contributed by atoms with E-state index in [0.29, 0.717) is 12.0 Å². The molecule has 0 aliphatic rings. The Labute approximate surface area is 172 Å². The molecule has 0 aliphatic carbocycles. The fourth-order valence-electron chi connectivity index (χ4n) is 3.17. The Bertz CT molecular complexity index is 983. The molecule has 1 unspecified atom stereocenters. The largest absolute Gasteiger partial charge is 0.340 e. The molecule has 148 valence electrons. The van der Waals surface area contributed by atoms with E-state index in [1.165, 1.54) is 0 Å². The molecule has 0 radical (unpaired) electrons. The predicted molar refractivity (Wildman–Crippen MR) is 117 cm³/mol. The second kappa shape index (κ2) is 9.69. The van der Waals surface area contributed by atoms with Gasteiger partial charge in [-0.15, -0.1) is 0 Å². The van der Waals surface area contributed by atoms with Crippen LogP contribution in [-0.2, 0) is 17.6 Å². The summed E-state index contributed by atoms with van der Waals surface area (Å²) in [5, 5.41) is 5.88.